The fourth-order valence-corrected chi connectivity index (χ4v) is 8.51. The van der Waals surface area contributed by atoms with Crippen LogP contribution in [-0.2, 0) is 4.74 Å². The van der Waals surface area contributed by atoms with E-state index in [4.69, 9.17) is 4.74 Å². The van der Waals surface area contributed by atoms with Gasteiger partial charge in [-0.15, -0.1) is 0 Å². The van der Waals surface area contributed by atoms with E-state index in [1.54, 1.807) is 0 Å². The van der Waals surface area contributed by atoms with Crippen LogP contribution in [0.25, 0.3) is 0 Å². The first-order valence-electron chi connectivity index (χ1n) is 10.4. The fraction of sp³-hybridized carbons (Fsp3) is 1.00. The normalized spacial score (nSPS) is 62.5. The number of aliphatic hydroxyl groups excluding tert-OH is 1. The molecule has 0 bridgehead atoms. The highest BCUT2D eigenvalue weighted by Gasteiger charge is 2.67. The number of rotatable bonds is 0. The second kappa shape index (κ2) is 4.98. The van der Waals surface area contributed by atoms with E-state index in [1.165, 1.54) is 38.5 Å². The third-order valence-corrected chi connectivity index (χ3v) is 9.63. The highest BCUT2D eigenvalue weighted by atomic mass is 16.6. The Morgan fingerprint density at radius 3 is 2.58 bits per heavy atom. The summed E-state index contributed by atoms with van der Waals surface area (Å²) in [4.78, 5) is 0. The zero-order valence-electron chi connectivity index (χ0n) is 15.3. The molecule has 0 radical (unpaired) electrons. The average molecular weight is 335 g/mol. The molecule has 9 atom stereocenters. The maximum absolute atomic E-state index is 10.7. The van der Waals surface area contributed by atoms with Crippen LogP contribution in [0.2, 0.25) is 0 Å². The van der Waals surface area contributed by atoms with Gasteiger partial charge in [-0.05, 0) is 93.8 Å². The Morgan fingerprint density at radius 1 is 0.917 bits per heavy atom. The Labute approximate surface area is 146 Å². The minimum absolute atomic E-state index is 0.0521. The number of ether oxygens (including phenoxy) is 1. The second-order valence-corrected chi connectivity index (χ2v) is 10.3. The van der Waals surface area contributed by atoms with Crippen LogP contribution >= 0.6 is 0 Å². The van der Waals surface area contributed by atoms with Gasteiger partial charge >= 0.3 is 0 Å². The number of fused-ring (bicyclic) bond motifs is 4. The summed E-state index contributed by atoms with van der Waals surface area (Å²) in [6.45, 7) is 5.24. The number of hydrogen-bond donors (Lipinski definition) is 2. The van der Waals surface area contributed by atoms with Gasteiger partial charge in [-0.2, -0.15) is 0 Å². The van der Waals surface area contributed by atoms with Crippen LogP contribution in [0.15, 0.2) is 0 Å². The Balaban J connectivity index is 1.46. The Hall–Kier alpha value is -0.120. The van der Waals surface area contributed by atoms with E-state index in [9.17, 15) is 10.2 Å². The first-order valence-corrected chi connectivity index (χ1v) is 10.4. The van der Waals surface area contributed by atoms with Gasteiger partial charge in [-0.1, -0.05) is 6.92 Å². The summed E-state index contributed by atoms with van der Waals surface area (Å²) in [5.74, 6) is 2.63. The molecular weight excluding hydrogens is 300 g/mol. The molecule has 5 unspecified atom stereocenters. The molecule has 3 heteroatoms. The predicted octanol–water partition coefficient (Wildman–Crippen LogP) is 3.73. The van der Waals surface area contributed by atoms with Crippen LogP contribution in [0.1, 0.15) is 71.6 Å². The molecule has 4 saturated carbocycles. The topological polar surface area (TPSA) is 49.7 Å². The van der Waals surface area contributed by atoms with Crippen LogP contribution in [0, 0.1) is 40.4 Å². The van der Waals surface area contributed by atoms with Gasteiger partial charge in [0.2, 0.25) is 0 Å². The lowest BCUT2D eigenvalue weighted by atomic mass is 9.44. The molecule has 0 amide bonds. The molecule has 24 heavy (non-hydrogen) atoms. The molecule has 0 aromatic heterocycles. The maximum Gasteiger partial charge on any atom is 0.166 e. The summed E-state index contributed by atoms with van der Waals surface area (Å²) >= 11 is 0. The van der Waals surface area contributed by atoms with Crippen molar-refractivity contribution < 1.29 is 14.9 Å². The zero-order chi connectivity index (χ0) is 16.7. The molecule has 136 valence electrons. The van der Waals surface area contributed by atoms with Crippen molar-refractivity contribution in [1.29, 1.82) is 0 Å². The van der Waals surface area contributed by atoms with Crippen molar-refractivity contribution in [2.45, 2.75) is 83.5 Å². The van der Waals surface area contributed by atoms with Gasteiger partial charge in [-0.3, -0.25) is 0 Å². The van der Waals surface area contributed by atoms with E-state index < -0.39 is 5.79 Å². The summed E-state index contributed by atoms with van der Waals surface area (Å²) in [7, 11) is 0. The van der Waals surface area contributed by atoms with Gasteiger partial charge in [-0.25, -0.2) is 0 Å². The molecule has 5 rings (SSSR count). The molecule has 0 aromatic carbocycles. The van der Waals surface area contributed by atoms with Crippen molar-refractivity contribution >= 4 is 0 Å². The van der Waals surface area contributed by atoms with Crippen LogP contribution in [-0.4, -0.2) is 28.7 Å². The van der Waals surface area contributed by atoms with Crippen LogP contribution in [0.3, 0.4) is 0 Å². The zero-order valence-corrected chi connectivity index (χ0v) is 15.3. The molecule has 3 nitrogen and oxygen atoms in total. The van der Waals surface area contributed by atoms with E-state index in [0.29, 0.717) is 11.3 Å². The van der Waals surface area contributed by atoms with Gasteiger partial charge in [0, 0.05) is 11.3 Å². The molecule has 2 N–H and O–H groups in total. The fourth-order valence-electron chi connectivity index (χ4n) is 8.51. The largest absolute Gasteiger partial charge is 0.393 e. The van der Waals surface area contributed by atoms with Crippen molar-refractivity contribution in [2.75, 3.05) is 6.61 Å². The highest BCUT2D eigenvalue weighted by Crippen LogP contribution is 2.70. The van der Waals surface area contributed by atoms with E-state index in [2.05, 4.69) is 6.92 Å². The Bertz CT molecular complexity index is 531. The van der Waals surface area contributed by atoms with E-state index in [0.717, 1.165) is 49.5 Å². The van der Waals surface area contributed by atoms with Crippen LogP contribution in [0.4, 0.5) is 0 Å². The average Bonchev–Trinajstić information content (AvgIpc) is 3.04. The number of hydrogen-bond acceptors (Lipinski definition) is 3. The summed E-state index contributed by atoms with van der Waals surface area (Å²) in [5, 5.41) is 20.9. The minimum atomic E-state index is -0.891. The first-order chi connectivity index (χ1) is 11.4. The third kappa shape index (κ3) is 1.90. The first kappa shape index (κ1) is 16.1. The smallest absolute Gasteiger partial charge is 0.166 e. The quantitative estimate of drug-likeness (QED) is 0.710. The number of aliphatic hydroxyl groups is 2. The lowest BCUT2D eigenvalue weighted by molar-refractivity contribution is -0.180. The molecule has 1 heterocycles. The Morgan fingerprint density at radius 2 is 1.75 bits per heavy atom. The Kier molecular flexibility index (Phi) is 3.34. The molecule has 5 fully saturated rings. The molecule has 4 aliphatic carbocycles. The predicted molar refractivity (Wildman–Crippen MR) is 92.1 cm³/mol. The highest BCUT2D eigenvalue weighted by molar-refractivity contribution is 5.13. The van der Waals surface area contributed by atoms with Crippen molar-refractivity contribution in [2.24, 2.45) is 40.4 Å². The molecule has 0 aromatic rings. The molecule has 1 spiro atoms. The second-order valence-electron chi connectivity index (χ2n) is 10.3. The SMILES string of the molecule is CC1(O)OCC23CC[C@H]4[C@@H](CC[C@H]5CC(O)CCC54C)[C@@H]2CCC13. The maximum atomic E-state index is 10.7. The van der Waals surface area contributed by atoms with E-state index in [1.807, 2.05) is 6.92 Å². The molecular formula is C21H34O3. The standard InChI is InChI=1S/C21H34O3/c1-19-9-7-14(22)11-13(19)3-4-15-16(19)8-10-21-12-24-20(2,23)18(21)6-5-17(15)21/h13-18,22-23H,3-12H2,1-2H3/t13-,14?,15+,16-,17-,18?,19?,20?,21?/m0/s1. The van der Waals surface area contributed by atoms with E-state index in [-0.39, 0.29) is 11.5 Å². The molecule has 5 aliphatic rings. The molecule has 1 saturated heterocycles. The molecule has 1 aliphatic heterocycles. The lowest BCUT2D eigenvalue weighted by Gasteiger charge is -2.60. The van der Waals surface area contributed by atoms with Gasteiger partial charge in [0.25, 0.3) is 0 Å². The van der Waals surface area contributed by atoms with Gasteiger partial charge in [0.1, 0.15) is 0 Å². The monoisotopic (exact) mass is 334 g/mol. The van der Waals surface area contributed by atoms with Crippen molar-refractivity contribution in [3.8, 4) is 0 Å². The van der Waals surface area contributed by atoms with Crippen LogP contribution in [0.5, 0.6) is 0 Å². The van der Waals surface area contributed by atoms with Crippen molar-refractivity contribution in [1.82, 2.24) is 0 Å². The van der Waals surface area contributed by atoms with Gasteiger partial charge in [0.15, 0.2) is 5.79 Å². The summed E-state index contributed by atoms with van der Waals surface area (Å²) < 4.78 is 5.92. The van der Waals surface area contributed by atoms with Gasteiger partial charge < -0.3 is 14.9 Å². The van der Waals surface area contributed by atoms with Crippen LogP contribution < -0.4 is 0 Å². The summed E-state index contributed by atoms with van der Waals surface area (Å²) in [6.07, 6.45) is 10.9. The van der Waals surface area contributed by atoms with Crippen molar-refractivity contribution in [3.63, 3.8) is 0 Å². The summed E-state index contributed by atoms with van der Waals surface area (Å²) in [5.41, 5.74) is 0.714. The minimum Gasteiger partial charge on any atom is -0.393 e. The van der Waals surface area contributed by atoms with Crippen molar-refractivity contribution in [3.05, 3.63) is 0 Å². The van der Waals surface area contributed by atoms with E-state index >= 15 is 0 Å². The summed E-state index contributed by atoms with van der Waals surface area (Å²) in [6, 6.07) is 0. The van der Waals surface area contributed by atoms with Gasteiger partial charge in [0.05, 0.1) is 12.7 Å². The lowest BCUT2D eigenvalue weighted by Crippen LogP contribution is -2.54. The third-order valence-electron chi connectivity index (χ3n) is 9.63.